The molecule has 1 aliphatic heterocycles. The zero-order chi connectivity index (χ0) is 15.0. The average molecular weight is 288 g/mol. The second kappa shape index (κ2) is 5.26. The molecule has 0 aromatic heterocycles. The van der Waals surface area contributed by atoms with Crippen LogP contribution in [0.4, 0.5) is 14.5 Å². The van der Waals surface area contributed by atoms with Crippen molar-refractivity contribution in [2.45, 2.75) is 12.5 Å². The molecule has 2 N–H and O–H groups in total. The Kier molecular flexibility index (Phi) is 3.43. The van der Waals surface area contributed by atoms with Gasteiger partial charge >= 0.3 is 0 Å². The fourth-order valence-corrected chi connectivity index (χ4v) is 2.61. The van der Waals surface area contributed by atoms with E-state index in [0.29, 0.717) is 18.7 Å². The van der Waals surface area contributed by atoms with E-state index in [1.807, 2.05) is 12.1 Å². The Hall–Kier alpha value is -2.27. The van der Waals surface area contributed by atoms with E-state index in [1.54, 1.807) is 12.1 Å². The Bertz CT molecular complexity index is 702. The van der Waals surface area contributed by atoms with Crippen molar-refractivity contribution in [2.24, 2.45) is 5.73 Å². The molecule has 0 fully saturated rings. The summed E-state index contributed by atoms with van der Waals surface area (Å²) < 4.78 is 26.8. The van der Waals surface area contributed by atoms with Crippen LogP contribution in [-0.2, 0) is 0 Å². The van der Waals surface area contributed by atoms with E-state index in [2.05, 4.69) is 0 Å². The molecule has 5 heteroatoms. The van der Waals surface area contributed by atoms with Crippen LogP contribution < -0.4 is 10.6 Å². The Labute approximate surface area is 121 Å². The van der Waals surface area contributed by atoms with Crippen molar-refractivity contribution in [2.75, 3.05) is 11.4 Å². The van der Waals surface area contributed by atoms with Gasteiger partial charge in [-0.05, 0) is 30.2 Å². The summed E-state index contributed by atoms with van der Waals surface area (Å²) in [7, 11) is 0. The van der Waals surface area contributed by atoms with Gasteiger partial charge in [-0.3, -0.25) is 4.79 Å². The number of hydrogen-bond donors (Lipinski definition) is 1. The first kappa shape index (κ1) is 13.7. The summed E-state index contributed by atoms with van der Waals surface area (Å²) in [6, 6.07) is 10.1. The molecule has 0 aliphatic carbocycles. The van der Waals surface area contributed by atoms with Crippen molar-refractivity contribution in [3.63, 3.8) is 0 Å². The van der Waals surface area contributed by atoms with Gasteiger partial charge in [0.05, 0.1) is 5.56 Å². The van der Waals surface area contributed by atoms with Crippen LogP contribution in [0.15, 0.2) is 42.5 Å². The number of fused-ring (bicyclic) bond motifs is 1. The van der Waals surface area contributed by atoms with E-state index in [9.17, 15) is 13.6 Å². The normalized spacial score (nSPS) is 17.5. The highest BCUT2D eigenvalue weighted by Crippen LogP contribution is 2.33. The third-order valence-electron chi connectivity index (χ3n) is 3.70. The average Bonchev–Trinajstić information content (AvgIpc) is 2.47. The number of nitrogens with zero attached hydrogens (tertiary/aromatic N) is 1. The number of carbonyl (C=O) groups excluding carboxylic acids is 1. The molecule has 108 valence electrons. The quantitative estimate of drug-likeness (QED) is 0.876. The van der Waals surface area contributed by atoms with E-state index in [0.717, 1.165) is 17.7 Å². The van der Waals surface area contributed by atoms with Crippen molar-refractivity contribution in [3.8, 4) is 0 Å². The molecular formula is C16H14F2N2O. The molecule has 2 aromatic carbocycles. The number of amides is 1. The molecule has 0 saturated heterocycles. The first-order valence-electron chi connectivity index (χ1n) is 6.69. The molecular weight excluding hydrogens is 274 g/mol. The number of carbonyl (C=O) groups is 1. The van der Waals surface area contributed by atoms with Crippen molar-refractivity contribution in [1.29, 1.82) is 0 Å². The van der Waals surface area contributed by atoms with Crippen LogP contribution >= 0.6 is 0 Å². The van der Waals surface area contributed by atoms with Crippen molar-refractivity contribution < 1.29 is 13.6 Å². The fourth-order valence-electron chi connectivity index (χ4n) is 2.61. The maximum Gasteiger partial charge on any atom is 0.261 e. The zero-order valence-electron chi connectivity index (χ0n) is 11.2. The number of nitrogens with two attached hydrogens (primary N) is 1. The summed E-state index contributed by atoms with van der Waals surface area (Å²) in [5.74, 6) is -2.04. The van der Waals surface area contributed by atoms with E-state index in [-0.39, 0.29) is 11.6 Å². The zero-order valence-corrected chi connectivity index (χ0v) is 11.2. The van der Waals surface area contributed by atoms with Crippen LogP contribution in [0.1, 0.15) is 28.4 Å². The SMILES string of the molecule is NC1CCN(C(=O)c2ccc(F)cc2F)c2ccccc21. The van der Waals surface area contributed by atoms with Gasteiger partial charge in [0.1, 0.15) is 11.6 Å². The largest absolute Gasteiger partial charge is 0.324 e. The molecule has 0 spiro atoms. The summed E-state index contributed by atoms with van der Waals surface area (Å²) >= 11 is 0. The van der Waals surface area contributed by atoms with Crippen molar-refractivity contribution >= 4 is 11.6 Å². The topological polar surface area (TPSA) is 46.3 Å². The number of rotatable bonds is 1. The monoisotopic (exact) mass is 288 g/mol. The van der Waals surface area contributed by atoms with Gasteiger partial charge in [-0.2, -0.15) is 0 Å². The summed E-state index contributed by atoms with van der Waals surface area (Å²) in [4.78, 5) is 14.0. The second-order valence-corrected chi connectivity index (χ2v) is 5.03. The number of halogens is 2. The molecule has 1 heterocycles. The highest BCUT2D eigenvalue weighted by atomic mass is 19.1. The number of anilines is 1. The van der Waals surface area contributed by atoms with Gasteiger partial charge in [0.15, 0.2) is 0 Å². The lowest BCUT2D eigenvalue weighted by Gasteiger charge is -2.32. The fraction of sp³-hybridized carbons (Fsp3) is 0.188. The molecule has 3 rings (SSSR count). The minimum absolute atomic E-state index is 0.136. The van der Waals surface area contributed by atoms with Gasteiger partial charge in [0.2, 0.25) is 0 Å². The van der Waals surface area contributed by atoms with E-state index in [4.69, 9.17) is 5.73 Å². The van der Waals surface area contributed by atoms with Gasteiger partial charge in [0, 0.05) is 24.3 Å². The number of benzene rings is 2. The van der Waals surface area contributed by atoms with Crippen LogP contribution in [0, 0.1) is 11.6 Å². The summed E-state index contributed by atoms with van der Waals surface area (Å²) in [5.41, 5.74) is 7.44. The number of hydrogen-bond acceptors (Lipinski definition) is 2. The van der Waals surface area contributed by atoms with Crippen LogP contribution in [0.5, 0.6) is 0 Å². The second-order valence-electron chi connectivity index (χ2n) is 5.03. The minimum atomic E-state index is -0.854. The molecule has 2 aromatic rings. The minimum Gasteiger partial charge on any atom is -0.324 e. The Morgan fingerprint density at radius 1 is 1.19 bits per heavy atom. The van der Waals surface area contributed by atoms with Crippen LogP contribution in [0.2, 0.25) is 0 Å². The summed E-state index contributed by atoms with van der Waals surface area (Å²) in [6.07, 6.45) is 0.603. The maximum atomic E-state index is 13.8. The first-order valence-corrected chi connectivity index (χ1v) is 6.69. The van der Waals surface area contributed by atoms with Crippen LogP contribution in [0.25, 0.3) is 0 Å². The predicted octanol–water partition coefficient (Wildman–Crippen LogP) is 3.02. The van der Waals surface area contributed by atoms with Gasteiger partial charge < -0.3 is 10.6 Å². The maximum absolute atomic E-state index is 13.8. The lowest BCUT2D eigenvalue weighted by atomic mass is 9.96. The molecule has 0 radical (unpaired) electrons. The smallest absolute Gasteiger partial charge is 0.261 e. The van der Waals surface area contributed by atoms with E-state index < -0.39 is 17.5 Å². The molecule has 3 nitrogen and oxygen atoms in total. The lowest BCUT2D eigenvalue weighted by Crippen LogP contribution is -2.38. The molecule has 1 atom stereocenters. The molecule has 0 saturated carbocycles. The highest BCUT2D eigenvalue weighted by Gasteiger charge is 2.28. The van der Waals surface area contributed by atoms with Gasteiger partial charge in [-0.1, -0.05) is 18.2 Å². The van der Waals surface area contributed by atoms with Gasteiger partial charge in [0.25, 0.3) is 5.91 Å². The van der Waals surface area contributed by atoms with Crippen molar-refractivity contribution in [1.82, 2.24) is 0 Å². The Balaban J connectivity index is 2.01. The third-order valence-corrected chi connectivity index (χ3v) is 3.70. The van der Waals surface area contributed by atoms with Crippen LogP contribution in [-0.4, -0.2) is 12.5 Å². The standard InChI is InChI=1S/C16H14F2N2O/c17-10-5-6-11(13(18)9-10)16(21)20-8-7-14(19)12-3-1-2-4-15(12)20/h1-6,9,14H,7-8,19H2. The van der Waals surface area contributed by atoms with E-state index in [1.165, 1.54) is 11.0 Å². The van der Waals surface area contributed by atoms with Gasteiger partial charge in [-0.25, -0.2) is 8.78 Å². The molecule has 21 heavy (non-hydrogen) atoms. The van der Waals surface area contributed by atoms with Crippen LogP contribution in [0.3, 0.4) is 0 Å². The molecule has 1 unspecified atom stereocenters. The lowest BCUT2D eigenvalue weighted by molar-refractivity contribution is 0.0980. The summed E-state index contributed by atoms with van der Waals surface area (Å²) in [6.45, 7) is 0.411. The number of para-hydroxylation sites is 1. The van der Waals surface area contributed by atoms with Crippen molar-refractivity contribution in [3.05, 3.63) is 65.2 Å². The predicted molar refractivity (Wildman–Crippen MR) is 76.0 cm³/mol. The Morgan fingerprint density at radius 2 is 1.95 bits per heavy atom. The third kappa shape index (κ3) is 2.40. The molecule has 1 aliphatic rings. The van der Waals surface area contributed by atoms with Gasteiger partial charge in [-0.15, -0.1) is 0 Å². The summed E-state index contributed by atoms with van der Waals surface area (Å²) in [5, 5.41) is 0. The van der Waals surface area contributed by atoms with E-state index >= 15 is 0 Å². The molecule has 1 amide bonds. The molecule has 0 bridgehead atoms. The Morgan fingerprint density at radius 3 is 2.71 bits per heavy atom. The highest BCUT2D eigenvalue weighted by molar-refractivity contribution is 6.07. The first-order chi connectivity index (χ1) is 10.1.